The molecule has 0 spiro atoms. The third-order valence-electron chi connectivity index (χ3n) is 11.0. The second-order valence-electron chi connectivity index (χ2n) is 13.8. The molecule has 4 rings (SSSR count). The van der Waals surface area contributed by atoms with Crippen LogP contribution in [-0.4, -0.2) is 40.3 Å². The number of Topliss-reactive ketones (excluding diaryl/α,β-unsaturated/α-hetero) is 1. The summed E-state index contributed by atoms with van der Waals surface area (Å²) in [6.45, 7) is 20.5. The lowest BCUT2D eigenvalue weighted by Crippen LogP contribution is -2.61. The summed E-state index contributed by atoms with van der Waals surface area (Å²) < 4.78 is 5.95. The van der Waals surface area contributed by atoms with E-state index in [9.17, 15) is 19.8 Å². The van der Waals surface area contributed by atoms with Gasteiger partial charge in [0.1, 0.15) is 0 Å². The maximum atomic E-state index is 14.5. The first-order valence-electron chi connectivity index (χ1n) is 14.3. The average molecular weight is 513 g/mol. The van der Waals surface area contributed by atoms with E-state index in [1.165, 1.54) is 18.1 Å². The molecular formula is C32H48O5. The topological polar surface area (TPSA) is 83.8 Å². The molecule has 5 nitrogen and oxygen atoms in total. The Balaban J connectivity index is 1.79. The van der Waals surface area contributed by atoms with E-state index >= 15 is 0 Å². The van der Waals surface area contributed by atoms with Gasteiger partial charge in [-0.05, 0) is 78.8 Å². The van der Waals surface area contributed by atoms with Crippen molar-refractivity contribution in [2.24, 2.45) is 39.9 Å². The summed E-state index contributed by atoms with van der Waals surface area (Å²) in [5, 5.41) is 21.8. The molecule has 0 unspecified atom stereocenters. The number of fused-ring (bicyclic) bond motifs is 4. The summed E-state index contributed by atoms with van der Waals surface area (Å²) in [5.41, 5.74) is 2.55. The van der Waals surface area contributed by atoms with Gasteiger partial charge in [-0.2, -0.15) is 0 Å². The normalized spacial score (nSPS) is 39.5. The Bertz CT molecular complexity index is 1050. The van der Waals surface area contributed by atoms with Gasteiger partial charge in [0.05, 0.1) is 12.2 Å². The van der Waals surface area contributed by atoms with Crippen LogP contribution in [0.25, 0.3) is 0 Å². The van der Waals surface area contributed by atoms with Crippen molar-refractivity contribution in [1.29, 1.82) is 0 Å². The van der Waals surface area contributed by atoms with Crippen LogP contribution < -0.4 is 0 Å². The third-order valence-corrected chi connectivity index (χ3v) is 11.0. The highest BCUT2D eigenvalue weighted by Gasteiger charge is 2.65. The first-order chi connectivity index (χ1) is 17.1. The molecule has 1 fully saturated rings. The van der Waals surface area contributed by atoms with Gasteiger partial charge in [-0.25, -0.2) is 0 Å². The minimum absolute atomic E-state index is 0.0437. The zero-order valence-corrected chi connectivity index (χ0v) is 24.2. The summed E-state index contributed by atoms with van der Waals surface area (Å²) in [4.78, 5) is 26.9. The average Bonchev–Trinajstić information content (AvgIpc) is 3.15. The molecule has 1 saturated carbocycles. The van der Waals surface area contributed by atoms with Crippen LogP contribution in [0.5, 0.6) is 0 Å². The van der Waals surface area contributed by atoms with Crippen molar-refractivity contribution in [3.05, 3.63) is 34.9 Å². The smallest absolute Gasteiger partial charge is 0.303 e. The molecule has 4 aliphatic carbocycles. The number of rotatable bonds is 6. The number of aliphatic hydroxyl groups excluding tert-OH is 2. The number of hydrogen-bond acceptors (Lipinski definition) is 5. The molecule has 37 heavy (non-hydrogen) atoms. The zero-order chi connectivity index (χ0) is 27.7. The van der Waals surface area contributed by atoms with Gasteiger partial charge in [0.2, 0.25) is 5.78 Å². The van der Waals surface area contributed by atoms with Crippen LogP contribution >= 0.6 is 0 Å². The van der Waals surface area contributed by atoms with Gasteiger partial charge >= 0.3 is 5.97 Å². The summed E-state index contributed by atoms with van der Waals surface area (Å²) in [6, 6.07) is 0. The second-order valence-corrected chi connectivity index (χ2v) is 13.8. The van der Waals surface area contributed by atoms with Gasteiger partial charge in [0, 0.05) is 23.3 Å². The quantitative estimate of drug-likeness (QED) is 0.340. The molecule has 4 aliphatic rings. The fraction of sp³-hybridized carbons (Fsp3) is 0.750. The van der Waals surface area contributed by atoms with Gasteiger partial charge in [0.25, 0.3) is 0 Å². The van der Waals surface area contributed by atoms with E-state index in [-0.39, 0.29) is 17.6 Å². The predicted octanol–water partition coefficient (Wildman–Crippen LogP) is 5.95. The van der Waals surface area contributed by atoms with E-state index in [0.29, 0.717) is 18.3 Å². The van der Waals surface area contributed by atoms with Crippen molar-refractivity contribution in [3.8, 4) is 0 Å². The van der Waals surface area contributed by atoms with Crippen molar-refractivity contribution in [1.82, 2.24) is 0 Å². The van der Waals surface area contributed by atoms with Gasteiger partial charge in [-0.1, -0.05) is 66.7 Å². The number of ether oxygens (including phenoxy) is 1. The van der Waals surface area contributed by atoms with Gasteiger partial charge in [0.15, 0.2) is 6.10 Å². The van der Waals surface area contributed by atoms with Crippen molar-refractivity contribution in [3.63, 3.8) is 0 Å². The number of hydrogen-bond donors (Lipinski definition) is 2. The number of carbonyl (C=O) groups excluding carboxylic acids is 2. The van der Waals surface area contributed by atoms with E-state index in [1.54, 1.807) is 0 Å². The summed E-state index contributed by atoms with van der Waals surface area (Å²) in [7, 11) is 0. The number of aliphatic hydroxyl groups is 2. The third kappa shape index (κ3) is 4.19. The summed E-state index contributed by atoms with van der Waals surface area (Å²) in [6.07, 6.45) is 4.46. The molecule has 0 heterocycles. The van der Waals surface area contributed by atoms with Crippen LogP contribution in [0.1, 0.15) is 93.9 Å². The van der Waals surface area contributed by atoms with Gasteiger partial charge < -0.3 is 14.9 Å². The minimum Gasteiger partial charge on any atom is -0.453 e. The van der Waals surface area contributed by atoms with Crippen LogP contribution in [0.2, 0.25) is 0 Å². The van der Waals surface area contributed by atoms with Gasteiger partial charge in [-0.3, -0.25) is 9.59 Å². The molecule has 206 valence electrons. The highest BCUT2D eigenvalue weighted by atomic mass is 16.5. The first kappa shape index (κ1) is 28.3. The van der Waals surface area contributed by atoms with E-state index in [1.807, 2.05) is 13.8 Å². The monoisotopic (exact) mass is 512 g/mol. The molecule has 0 aromatic carbocycles. The molecule has 0 amide bonds. The maximum absolute atomic E-state index is 14.5. The SMILES string of the molecule is C=C(CC[C@@H](C)[C@H]1CC=C2C3=C(C(=O)[C@H](OC(C)=O)[C@@]21C)[C@@]1(C)C[C@@H](O)[C@H](O)C(C)(C)[C@@H]1CC3)C(C)C. The summed E-state index contributed by atoms with van der Waals surface area (Å²) >= 11 is 0. The van der Waals surface area contributed by atoms with Crippen LogP contribution in [0.3, 0.4) is 0 Å². The maximum Gasteiger partial charge on any atom is 0.303 e. The lowest BCUT2D eigenvalue weighted by atomic mass is 9.45. The molecule has 2 N–H and O–H groups in total. The Morgan fingerprint density at radius 1 is 1.19 bits per heavy atom. The molecule has 0 saturated heterocycles. The molecule has 0 aliphatic heterocycles. The molecule has 0 bridgehead atoms. The zero-order valence-electron chi connectivity index (χ0n) is 24.2. The Hall–Kier alpha value is -1.72. The van der Waals surface area contributed by atoms with Crippen molar-refractivity contribution >= 4 is 11.8 Å². The Morgan fingerprint density at radius 2 is 1.84 bits per heavy atom. The lowest BCUT2D eigenvalue weighted by molar-refractivity contribution is -0.169. The Labute approximate surface area is 223 Å². The highest BCUT2D eigenvalue weighted by Crippen LogP contribution is 2.66. The minimum atomic E-state index is -0.907. The van der Waals surface area contributed by atoms with E-state index < -0.39 is 40.5 Å². The number of esters is 1. The predicted molar refractivity (Wildman–Crippen MR) is 146 cm³/mol. The Kier molecular flexibility index (Phi) is 7.25. The highest BCUT2D eigenvalue weighted by molar-refractivity contribution is 6.05. The number of carbonyl (C=O) groups is 2. The van der Waals surface area contributed by atoms with Gasteiger partial charge in [-0.15, -0.1) is 0 Å². The standard InChI is InChI=1S/C32H48O5/c1-17(2)18(3)10-11-19(4)22-13-14-23-21-12-15-25-30(6,7)28(36)24(34)16-31(25,8)26(21)27(35)29(32(22,23)9)37-20(5)33/h14,17,19,22,24-25,28-29,34,36H,3,10-13,15-16H2,1-2,4-9H3/t19-,22-,24-,25+,28+,29+,31+,32-/m1/s1. The molecule has 8 atom stereocenters. The van der Waals surface area contributed by atoms with Crippen LogP contribution in [0.4, 0.5) is 0 Å². The number of allylic oxidation sites excluding steroid dienone is 3. The fourth-order valence-corrected chi connectivity index (χ4v) is 8.80. The molecule has 5 heteroatoms. The molecule has 0 aromatic rings. The van der Waals surface area contributed by atoms with Crippen LogP contribution in [-0.2, 0) is 14.3 Å². The largest absolute Gasteiger partial charge is 0.453 e. The first-order valence-corrected chi connectivity index (χ1v) is 14.3. The van der Waals surface area contributed by atoms with E-state index in [4.69, 9.17) is 4.74 Å². The van der Waals surface area contributed by atoms with E-state index in [0.717, 1.165) is 43.3 Å². The Morgan fingerprint density at radius 3 is 2.43 bits per heavy atom. The van der Waals surface area contributed by atoms with E-state index in [2.05, 4.69) is 47.3 Å². The number of ketones is 1. The fourth-order valence-electron chi connectivity index (χ4n) is 8.80. The van der Waals surface area contributed by atoms with Crippen LogP contribution in [0, 0.1) is 39.9 Å². The lowest BCUT2D eigenvalue weighted by Gasteiger charge is -2.60. The van der Waals surface area contributed by atoms with Crippen molar-refractivity contribution < 1.29 is 24.5 Å². The van der Waals surface area contributed by atoms with Crippen molar-refractivity contribution in [2.75, 3.05) is 0 Å². The summed E-state index contributed by atoms with van der Waals surface area (Å²) in [5.74, 6) is 0.475. The molecule has 0 radical (unpaired) electrons. The molecule has 0 aromatic heterocycles. The molecular weight excluding hydrogens is 464 g/mol. The second kappa shape index (κ2) is 9.48. The van der Waals surface area contributed by atoms with Crippen molar-refractivity contribution in [2.45, 2.75) is 112 Å². The van der Waals surface area contributed by atoms with Crippen LogP contribution in [0.15, 0.2) is 34.9 Å².